The predicted octanol–water partition coefficient (Wildman–Crippen LogP) is 1.07. The Morgan fingerprint density at radius 1 is 1.47 bits per heavy atom. The van der Waals surface area contributed by atoms with Gasteiger partial charge in [0.1, 0.15) is 6.04 Å². The molecule has 1 aromatic rings. The number of esters is 1. The van der Waals surface area contributed by atoms with E-state index in [2.05, 4.69) is 10.1 Å². The van der Waals surface area contributed by atoms with E-state index in [4.69, 9.17) is 9.47 Å². The molecule has 0 fully saturated rings. The summed E-state index contributed by atoms with van der Waals surface area (Å²) in [6.45, 7) is 2.61. The Hall–Kier alpha value is -1.75. The van der Waals surface area contributed by atoms with Crippen molar-refractivity contribution in [1.82, 2.24) is 5.32 Å². The number of nitrogens with one attached hydrogen (secondary N) is 1. The van der Waals surface area contributed by atoms with Crippen LogP contribution in [0.3, 0.4) is 0 Å². The molecule has 2 rings (SSSR count). The second-order valence-corrected chi connectivity index (χ2v) is 3.81. The van der Waals surface area contributed by atoms with Gasteiger partial charge < -0.3 is 19.5 Å². The first-order valence-corrected chi connectivity index (χ1v) is 5.40. The van der Waals surface area contributed by atoms with Crippen molar-refractivity contribution in [3.05, 3.63) is 23.8 Å². The number of rotatable bonds is 4. The van der Waals surface area contributed by atoms with Gasteiger partial charge in [0.05, 0.1) is 7.11 Å². The largest absolute Gasteiger partial charge is 0.468 e. The summed E-state index contributed by atoms with van der Waals surface area (Å²) in [5.74, 6) is 1.23. The first-order chi connectivity index (χ1) is 8.20. The van der Waals surface area contributed by atoms with Gasteiger partial charge in [-0.2, -0.15) is 0 Å². The smallest absolute Gasteiger partial charge is 0.322 e. The van der Waals surface area contributed by atoms with Gasteiger partial charge in [-0.1, -0.05) is 6.07 Å². The lowest BCUT2D eigenvalue weighted by atomic mass is 10.2. The lowest BCUT2D eigenvalue weighted by Gasteiger charge is -2.11. The Labute approximate surface area is 99.7 Å². The maximum Gasteiger partial charge on any atom is 0.322 e. The van der Waals surface area contributed by atoms with E-state index in [9.17, 15) is 4.79 Å². The van der Waals surface area contributed by atoms with Crippen molar-refractivity contribution in [3.8, 4) is 11.5 Å². The Bertz CT molecular complexity index is 419. The van der Waals surface area contributed by atoms with Crippen molar-refractivity contribution in [2.75, 3.05) is 13.9 Å². The van der Waals surface area contributed by atoms with Gasteiger partial charge in [0, 0.05) is 6.54 Å². The van der Waals surface area contributed by atoms with Crippen LogP contribution in [-0.4, -0.2) is 25.9 Å². The van der Waals surface area contributed by atoms with Gasteiger partial charge in [0.2, 0.25) is 6.79 Å². The summed E-state index contributed by atoms with van der Waals surface area (Å²) in [6, 6.07) is 5.37. The molecule has 0 aromatic heterocycles. The van der Waals surface area contributed by atoms with Crippen LogP contribution >= 0.6 is 0 Å². The molecule has 0 bridgehead atoms. The van der Waals surface area contributed by atoms with E-state index in [-0.39, 0.29) is 18.8 Å². The molecule has 0 spiro atoms. The number of hydrogen-bond donors (Lipinski definition) is 1. The lowest BCUT2D eigenvalue weighted by Crippen LogP contribution is -2.34. The van der Waals surface area contributed by atoms with Crippen LogP contribution < -0.4 is 14.8 Å². The minimum absolute atomic E-state index is 0.269. The molecule has 5 nitrogen and oxygen atoms in total. The summed E-state index contributed by atoms with van der Waals surface area (Å²) in [7, 11) is 1.38. The normalized spacial score (nSPS) is 14.5. The highest BCUT2D eigenvalue weighted by Crippen LogP contribution is 2.32. The number of carbonyl (C=O) groups excluding carboxylic acids is 1. The van der Waals surface area contributed by atoms with Crippen molar-refractivity contribution in [2.45, 2.75) is 19.5 Å². The Morgan fingerprint density at radius 2 is 2.24 bits per heavy atom. The molecule has 0 amide bonds. The number of fused-ring (bicyclic) bond motifs is 1. The van der Waals surface area contributed by atoms with Crippen LogP contribution in [0.1, 0.15) is 12.5 Å². The van der Waals surface area contributed by atoms with E-state index in [1.54, 1.807) is 6.92 Å². The number of methoxy groups -OCH3 is 1. The standard InChI is InChI=1S/C12H15NO4/c1-8(12(14)15-2)13-6-9-3-4-10-11(5-9)17-7-16-10/h3-5,8,13H,6-7H2,1-2H3. The van der Waals surface area contributed by atoms with Gasteiger partial charge in [-0.15, -0.1) is 0 Å². The quantitative estimate of drug-likeness (QED) is 0.794. The van der Waals surface area contributed by atoms with Gasteiger partial charge in [-0.05, 0) is 24.6 Å². The average molecular weight is 237 g/mol. The van der Waals surface area contributed by atoms with Gasteiger partial charge in [0.15, 0.2) is 11.5 Å². The van der Waals surface area contributed by atoms with Crippen LogP contribution in [0.5, 0.6) is 11.5 Å². The minimum Gasteiger partial charge on any atom is -0.468 e. The summed E-state index contributed by atoms with van der Waals surface area (Å²) in [5, 5.41) is 3.07. The molecule has 0 aliphatic carbocycles. The van der Waals surface area contributed by atoms with Gasteiger partial charge in [0.25, 0.3) is 0 Å². The average Bonchev–Trinajstić information content (AvgIpc) is 2.82. The molecule has 0 radical (unpaired) electrons. The Balaban J connectivity index is 1.93. The van der Waals surface area contributed by atoms with Crippen LogP contribution in [-0.2, 0) is 16.1 Å². The molecule has 1 aliphatic heterocycles. The number of benzene rings is 1. The molecule has 1 aliphatic rings. The summed E-state index contributed by atoms with van der Waals surface area (Å²) >= 11 is 0. The second-order valence-electron chi connectivity index (χ2n) is 3.81. The van der Waals surface area contributed by atoms with Crippen LogP contribution in [0.2, 0.25) is 0 Å². The second kappa shape index (κ2) is 5.05. The summed E-state index contributed by atoms with van der Waals surface area (Å²) < 4.78 is 15.1. The zero-order chi connectivity index (χ0) is 12.3. The predicted molar refractivity (Wildman–Crippen MR) is 60.9 cm³/mol. The monoisotopic (exact) mass is 237 g/mol. The maximum absolute atomic E-state index is 11.2. The highest BCUT2D eigenvalue weighted by Gasteiger charge is 2.15. The zero-order valence-electron chi connectivity index (χ0n) is 9.86. The molecule has 5 heteroatoms. The van der Waals surface area contributed by atoms with Crippen molar-refractivity contribution in [2.24, 2.45) is 0 Å². The molecule has 92 valence electrons. The molecular formula is C12H15NO4. The first-order valence-electron chi connectivity index (χ1n) is 5.40. The van der Waals surface area contributed by atoms with E-state index < -0.39 is 0 Å². The minimum atomic E-state index is -0.328. The van der Waals surface area contributed by atoms with E-state index >= 15 is 0 Å². The van der Waals surface area contributed by atoms with E-state index in [0.29, 0.717) is 6.54 Å². The highest BCUT2D eigenvalue weighted by atomic mass is 16.7. The lowest BCUT2D eigenvalue weighted by molar-refractivity contribution is -0.142. The molecule has 0 saturated heterocycles. The van der Waals surface area contributed by atoms with Crippen molar-refractivity contribution < 1.29 is 19.0 Å². The summed E-state index contributed by atoms with van der Waals surface area (Å²) in [6.07, 6.45) is 0. The van der Waals surface area contributed by atoms with Crippen molar-refractivity contribution >= 4 is 5.97 Å². The fraction of sp³-hybridized carbons (Fsp3) is 0.417. The summed E-state index contributed by atoms with van der Waals surface area (Å²) in [4.78, 5) is 11.2. The fourth-order valence-electron chi connectivity index (χ4n) is 1.58. The van der Waals surface area contributed by atoms with Crippen molar-refractivity contribution in [3.63, 3.8) is 0 Å². The maximum atomic E-state index is 11.2. The highest BCUT2D eigenvalue weighted by molar-refractivity contribution is 5.75. The summed E-state index contributed by atoms with van der Waals surface area (Å²) in [5.41, 5.74) is 1.03. The SMILES string of the molecule is COC(=O)C(C)NCc1ccc2c(c1)OCO2. The number of carbonyl (C=O) groups is 1. The third-order valence-corrected chi connectivity index (χ3v) is 2.60. The molecule has 0 saturated carbocycles. The third-order valence-electron chi connectivity index (χ3n) is 2.60. The van der Waals surface area contributed by atoms with E-state index in [1.165, 1.54) is 7.11 Å². The number of ether oxygens (including phenoxy) is 3. The Kier molecular flexibility index (Phi) is 3.49. The van der Waals surface area contributed by atoms with E-state index in [1.807, 2.05) is 18.2 Å². The van der Waals surface area contributed by atoms with Gasteiger partial charge in [-0.25, -0.2) is 0 Å². The van der Waals surface area contributed by atoms with Crippen LogP contribution in [0.25, 0.3) is 0 Å². The van der Waals surface area contributed by atoms with Crippen LogP contribution in [0, 0.1) is 0 Å². The third kappa shape index (κ3) is 2.68. The fourth-order valence-corrected chi connectivity index (χ4v) is 1.58. The van der Waals surface area contributed by atoms with Crippen molar-refractivity contribution in [1.29, 1.82) is 0 Å². The number of hydrogen-bond acceptors (Lipinski definition) is 5. The van der Waals surface area contributed by atoms with Crippen LogP contribution in [0.4, 0.5) is 0 Å². The zero-order valence-corrected chi connectivity index (χ0v) is 9.86. The molecule has 17 heavy (non-hydrogen) atoms. The van der Waals surface area contributed by atoms with Gasteiger partial charge >= 0.3 is 5.97 Å². The molecule has 1 unspecified atom stereocenters. The van der Waals surface area contributed by atoms with E-state index in [0.717, 1.165) is 17.1 Å². The first kappa shape index (κ1) is 11.7. The topological polar surface area (TPSA) is 56.8 Å². The van der Waals surface area contributed by atoms with Gasteiger partial charge in [-0.3, -0.25) is 4.79 Å². The Morgan fingerprint density at radius 3 is 3.00 bits per heavy atom. The molecule has 1 aromatic carbocycles. The molecule has 1 N–H and O–H groups in total. The van der Waals surface area contributed by atoms with Crippen LogP contribution in [0.15, 0.2) is 18.2 Å². The molecule has 1 heterocycles. The molecule has 1 atom stereocenters. The molecular weight excluding hydrogens is 222 g/mol.